The summed E-state index contributed by atoms with van der Waals surface area (Å²) in [5.41, 5.74) is 2.16. The molecular formula is C16H18N4OS. The van der Waals surface area contributed by atoms with Crippen molar-refractivity contribution < 1.29 is 4.74 Å². The van der Waals surface area contributed by atoms with Crippen molar-refractivity contribution in [3.63, 3.8) is 0 Å². The minimum Gasteiger partial charge on any atom is -0.497 e. The van der Waals surface area contributed by atoms with Crippen molar-refractivity contribution in [3.05, 3.63) is 46.5 Å². The highest BCUT2D eigenvalue weighted by molar-refractivity contribution is 7.11. The van der Waals surface area contributed by atoms with Gasteiger partial charge in [0.2, 0.25) is 5.95 Å². The number of ether oxygens (including phenoxy) is 1. The number of nitrogens with one attached hydrogen (secondary N) is 1. The smallest absolute Gasteiger partial charge is 0.203 e. The molecule has 2 aromatic heterocycles. The lowest BCUT2D eigenvalue weighted by molar-refractivity contribution is 0.415. The lowest BCUT2D eigenvalue weighted by Crippen LogP contribution is -2.05. The molecule has 0 spiro atoms. The number of anilines is 1. The number of aromatic nitrogens is 3. The third kappa shape index (κ3) is 2.96. The molecule has 0 fully saturated rings. The number of hydrogen-bond acceptors (Lipinski definition) is 5. The fourth-order valence-electron chi connectivity index (χ4n) is 2.24. The van der Waals surface area contributed by atoms with Crippen LogP contribution in [0.5, 0.6) is 5.75 Å². The first kappa shape index (κ1) is 14.6. The Bertz CT molecular complexity index is 761. The first-order valence-electron chi connectivity index (χ1n) is 6.98. The number of rotatable bonds is 5. The van der Waals surface area contributed by atoms with Crippen molar-refractivity contribution in [2.75, 3.05) is 12.4 Å². The zero-order valence-electron chi connectivity index (χ0n) is 12.8. The molecule has 5 nitrogen and oxygen atoms in total. The second kappa shape index (κ2) is 6.19. The van der Waals surface area contributed by atoms with Crippen molar-refractivity contribution in [1.82, 2.24) is 14.5 Å². The van der Waals surface area contributed by atoms with E-state index < -0.39 is 0 Å². The summed E-state index contributed by atoms with van der Waals surface area (Å²) in [6, 6.07) is 7.97. The Kier molecular flexibility index (Phi) is 4.11. The highest BCUT2D eigenvalue weighted by Crippen LogP contribution is 2.24. The van der Waals surface area contributed by atoms with Gasteiger partial charge in [-0.3, -0.25) is 0 Å². The van der Waals surface area contributed by atoms with Crippen molar-refractivity contribution in [2.45, 2.75) is 13.5 Å². The van der Waals surface area contributed by atoms with E-state index in [9.17, 15) is 0 Å². The van der Waals surface area contributed by atoms with Crippen LogP contribution < -0.4 is 10.1 Å². The lowest BCUT2D eigenvalue weighted by Gasteiger charge is -2.08. The van der Waals surface area contributed by atoms with Crippen LogP contribution in [0.4, 0.5) is 5.95 Å². The predicted molar refractivity (Wildman–Crippen MR) is 89.4 cm³/mol. The van der Waals surface area contributed by atoms with Crippen molar-refractivity contribution in [1.29, 1.82) is 0 Å². The highest BCUT2D eigenvalue weighted by atomic mass is 32.1. The molecule has 1 N–H and O–H groups in total. The van der Waals surface area contributed by atoms with E-state index in [2.05, 4.69) is 22.2 Å². The number of nitrogens with zero attached hydrogens (tertiary/aromatic N) is 3. The summed E-state index contributed by atoms with van der Waals surface area (Å²) in [7, 11) is 3.67. The highest BCUT2D eigenvalue weighted by Gasteiger charge is 2.09. The van der Waals surface area contributed by atoms with E-state index in [0.717, 1.165) is 28.0 Å². The summed E-state index contributed by atoms with van der Waals surface area (Å²) in [5.74, 6) is 1.68. The van der Waals surface area contributed by atoms with Gasteiger partial charge in [0.1, 0.15) is 10.8 Å². The molecule has 0 amide bonds. The van der Waals surface area contributed by atoms with Crippen LogP contribution in [0.3, 0.4) is 0 Å². The Hall–Kier alpha value is -2.34. The number of aryl methyl sites for hydroxylation is 1. The number of thiazole rings is 1. The number of benzene rings is 1. The average molecular weight is 314 g/mol. The minimum absolute atomic E-state index is 0.686. The third-order valence-corrected chi connectivity index (χ3v) is 4.35. The molecule has 0 aliphatic heterocycles. The topological polar surface area (TPSA) is 52.0 Å². The summed E-state index contributed by atoms with van der Waals surface area (Å²) in [6.07, 6.45) is 3.76. The standard InChI is InChI=1S/C16H18N4OS/c1-11-8-17-15(22-11)10-19-16-18-9-14(20(16)2)12-4-6-13(21-3)7-5-12/h4-9H,10H2,1-3H3,(H,18,19). The Morgan fingerprint density at radius 3 is 2.59 bits per heavy atom. The fraction of sp³-hybridized carbons (Fsp3) is 0.250. The molecule has 0 radical (unpaired) electrons. The fourth-order valence-corrected chi connectivity index (χ4v) is 2.97. The maximum Gasteiger partial charge on any atom is 0.203 e. The normalized spacial score (nSPS) is 10.7. The SMILES string of the molecule is COc1ccc(-c2cnc(NCc3ncc(C)s3)n2C)cc1. The number of imidazole rings is 1. The van der Waals surface area contributed by atoms with Gasteiger partial charge in [0, 0.05) is 23.7 Å². The minimum atomic E-state index is 0.686. The van der Waals surface area contributed by atoms with Gasteiger partial charge in [-0.05, 0) is 31.2 Å². The number of methoxy groups -OCH3 is 1. The zero-order valence-corrected chi connectivity index (χ0v) is 13.6. The van der Waals surface area contributed by atoms with E-state index in [1.807, 2.05) is 48.3 Å². The van der Waals surface area contributed by atoms with Crippen LogP contribution in [0.2, 0.25) is 0 Å². The van der Waals surface area contributed by atoms with Crippen LogP contribution in [0, 0.1) is 6.92 Å². The van der Waals surface area contributed by atoms with Gasteiger partial charge in [0.25, 0.3) is 0 Å². The lowest BCUT2D eigenvalue weighted by atomic mass is 10.1. The first-order chi connectivity index (χ1) is 10.7. The van der Waals surface area contributed by atoms with Gasteiger partial charge in [0.15, 0.2) is 0 Å². The maximum absolute atomic E-state index is 5.19. The quantitative estimate of drug-likeness (QED) is 0.783. The molecule has 2 heterocycles. The van der Waals surface area contributed by atoms with Crippen LogP contribution in [-0.4, -0.2) is 21.6 Å². The van der Waals surface area contributed by atoms with Crippen LogP contribution in [0.15, 0.2) is 36.7 Å². The Morgan fingerprint density at radius 2 is 1.95 bits per heavy atom. The van der Waals surface area contributed by atoms with Crippen LogP contribution >= 0.6 is 11.3 Å². The summed E-state index contributed by atoms with van der Waals surface area (Å²) in [4.78, 5) is 10.0. The van der Waals surface area contributed by atoms with Gasteiger partial charge in [-0.15, -0.1) is 11.3 Å². The van der Waals surface area contributed by atoms with E-state index in [-0.39, 0.29) is 0 Å². The van der Waals surface area contributed by atoms with Crippen molar-refractivity contribution in [2.24, 2.45) is 7.05 Å². The second-order valence-corrected chi connectivity index (χ2v) is 6.29. The molecular weight excluding hydrogens is 296 g/mol. The first-order valence-corrected chi connectivity index (χ1v) is 7.80. The molecule has 22 heavy (non-hydrogen) atoms. The average Bonchev–Trinajstić information content (AvgIpc) is 3.11. The second-order valence-electron chi connectivity index (χ2n) is 4.97. The molecule has 0 aliphatic rings. The van der Waals surface area contributed by atoms with Crippen molar-refractivity contribution in [3.8, 4) is 17.0 Å². The van der Waals surface area contributed by atoms with Crippen LogP contribution in [-0.2, 0) is 13.6 Å². The molecule has 0 saturated heterocycles. The van der Waals surface area contributed by atoms with Gasteiger partial charge in [-0.2, -0.15) is 0 Å². The van der Waals surface area contributed by atoms with E-state index in [4.69, 9.17) is 4.74 Å². The molecule has 0 aliphatic carbocycles. The summed E-state index contributed by atoms with van der Waals surface area (Å²) >= 11 is 1.70. The molecule has 0 bridgehead atoms. The summed E-state index contributed by atoms with van der Waals surface area (Å²) in [5, 5.41) is 4.39. The van der Waals surface area contributed by atoms with Gasteiger partial charge >= 0.3 is 0 Å². The molecule has 114 valence electrons. The van der Waals surface area contributed by atoms with Gasteiger partial charge in [0.05, 0.1) is 25.5 Å². The Morgan fingerprint density at radius 1 is 1.18 bits per heavy atom. The predicted octanol–water partition coefficient (Wildman–Crippen LogP) is 3.47. The molecule has 0 atom stereocenters. The Labute approximate surface area is 133 Å². The van der Waals surface area contributed by atoms with Gasteiger partial charge < -0.3 is 14.6 Å². The van der Waals surface area contributed by atoms with Crippen LogP contribution in [0.1, 0.15) is 9.88 Å². The molecule has 0 saturated carbocycles. The van der Waals surface area contributed by atoms with Crippen LogP contribution in [0.25, 0.3) is 11.3 Å². The molecule has 6 heteroatoms. The third-order valence-electron chi connectivity index (χ3n) is 3.44. The van der Waals surface area contributed by atoms with Crippen molar-refractivity contribution >= 4 is 17.3 Å². The summed E-state index contributed by atoms with van der Waals surface area (Å²) < 4.78 is 7.23. The van der Waals surface area contributed by atoms with E-state index in [1.165, 1.54) is 4.88 Å². The van der Waals surface area contributed by atoms with E-state index in [1.54, 1.807) is 18.4 Å². The summed E-state index contributed by atoms with van der Waals surface area (Å²) in [6.45, 7) is 2.75. The molecule has 0 unspecified atom stereocenters. The monoisotopic (exact) mass is 314 g/mol. The largest absolute Gasteiger partial charge is 0.497 e. The van der Waals surface area contributed by atoms with E-state index in [0.29, 0.717) is 6.54 Å². The maximum atomic E-state index is 5.19. The molecule has 3 rings (SSSR count). The number of hydrogen-bond donors (Lipinski definition) is 1. The van der Waals surface area contributed by atoms with Gasteiger partial charge in [-0.1, -0.05) is 0 Å². The van der Waals surface area contributed by atoms with Gasteiger partial charge in [-0.25, -0.2) is 9.97 Å². The van der Waals surface area contributed by atoms with E-state index >= 15 is 0 Å². The zero-order chi connectivity index (χ0) is 15.5. The molecule has 3 aromatic rings. The molecule has 1 aromatic carbocycles. The Balaban J connectivity index is 1.76.